The largest absolute Gasteiger partial charge is 0.315 e. The molecule has 0 bridgehead atoms. The lowest BCUT2D eigenvalue weighted by atomic mass is 10.1. The van der Waals surface area contributed by atoms with Gasteiger partial charge in [-0.1, -0.05) is 0 Å². The first-order chi connectivity index (χ1) is 12.5. The highest BCUT2D eigenvalue weighted by molar-refractivity contribution is 7.89. The van der Waals surface area contributed by atoms with Crippen molar-refractivity contribution in [2.45, 2.75) is 43.0 Å². The third kappa shape index (κ3) is 5.60. The zero-order valence-corrected chi connectivity index (χ0v) is 17.0. The Balaban J connectivity index is 0.00000261. The molecule has 3 rings (SSSR count). The van der Waals surface area contributed by atoms with Crippen molar-refractivity contribution < 1.29 is 17.2 Å². The molecule has 0 saturated carbocycles. The predicted octanol–water partition coefficient (Wildman–Crippen LogP) is 2.62. The minimum atomic E-state index is -3.87. The second-order valence-electron chi connectivity index (χ2n) is 7.09. The van der Waals surface area contributed by atoms with Crippen LogP contribution in [-0.2, 0) is 10.0 Å². The van der Waals surface area contributed by atoms with Gasteiger partial charge in [0.25, 0.3) is 0 Å². The Morgan fingerprint density at radius 2 is 1.89 bits per heavy atom. The molecule has 1 aromatic rings. The maximum atomic E-state index is 13.6. The third-order valence-electron chi connectivity index (χ3n) is 5.23. The van der Waals surface area contributed by atoms with Crippen molar-refractivity contribution >= 4 is 22.4 Å². The second kappa shape index (κ2) is 10.1. The van der Waals surface area contributed by atoms with Gasteiger partial charge in [-0.05, 0) is 76.5 Å². The van der Waals surface area contributed by atoms with Crippen molar-refractivity contribution in [3.63, 3.8) is 0 Å². The fourth-order valence-electron chi connectivity index (χ4n) is 3.81. The highest BCUT2D eigenvalue weighted by atomic mass is 35.5. The molecule has 1 N–H and O–H groups in total. The highest BCUT2D eigenvalue weighted by Crippen LogP contribution is 2.23. The van der Waals surface area contributed by atoms with E-state index in [9.17, 15) is 17.2 Å². The number of sulfonamides is 1. The quantitative estimate of drug-likeness (QED) is 0.732. The minimum absolute atomic E-state index is 0. The van der Waals surface area contributed by atoms with Crippen LogP contribution in [0.2, 0.25) is 0 Å². The summed E-state index contributed by atoms with van der Waals surface area (Å²) in [7, 11) is -3.87. The number of benzene rings is 1. The molecule has 2 saturated heterocycles. The molecule has 2 aliphatic heterocycles. The Morgan fingerprint density at radius 3 is 2.52 bits per heavy atom. The van der Waals surface area contributed by atoms with Gasteiger partial charge in [-0.3, -0.25) is 0 Å². The van der Waals surface area contributed by atoms with Crippen LogP contribution in [0, 0.1) is 11.6 Å². The fourth-order valence-corrected chi connectivity index (χ4v) is 5.51. The molecule has 2 heterocycles. The van der Waals surface area contributed by atoms with Crippen LogP contribution in [0.5, 0.6) is 0 Å². The Bertz CT molecular complexity index is 709. The van der Waals surface area contributed by atoms with E-state index in [0.717, 1.165) is 63.6 Å². The maximum absolute atomic E-state index is 13.6. The van der Waals surface area contributed by atoms with Crippen molar-refractivity contribution in [2.24, 2.45) is 0 Å². The fraction of sp³-hybridized carbons (Fsp3) is 0.667. The number of nitrogens with one attached hydrogen (secondary N) is 1. The standard InChI is InChI=1S/C18H27F2N3O2S.ClH/c19-17-7-6-16(13-18(17)20)26(24,25)23(15-5-3-8-21-14-15)12-4-11-22-9-1-2-10-22;/h6-7,13,15,21H,1-5,8-12,14H2;1H. The van der Waals surface area contributed by atoms with E-state index in [2.05, 4.69) is 10.2 Å². The van der Waals surface area contributed by atoms with E-state index in [0.29, 0.717) is 13.1 Å². The summed E-state index contributed by atoms with van der Waals surface area (Å²) in [6.45, 7) is 4.87. The number of hydrogen-bond acceptors (Lipinski definition) is 4. The monoisotopic (exact) mass is 423 g/mol. The van der Waals surface area contributed by atoms with Crippen molar-refractivity contribution in [2.75, 3.05) is 39.3 Å². The van der Waals surface area contributed by atoms with Crippen LogP contribution in [0.3, 0.4) is 0 Å². The molecule has 2 aliphatic rings. The lowest BCUT2D eigenvalue weighted by molar-refractivity contribution is 0.246. The molecule has 1 unspecified atom stereocenters. The first-order valence-electron chi connectivity index (χ1n) is 9.38. The third-order valence-corrected chi connectivity index (χ3v) is 7.18. The molecule has 27 heavy (non-hydrogen) atoms. The summed E-state index contributed by atoms with van der Waals surface area (Å²) in [5, 5.41) is 3.24. The number of halogens is 3. The zero-order chi connectivity index (χ0) is 18.6. The molecule has 0 radical (unpaired) electrons. The molecular weight excluding hydrogens is 396 g/mol. The van der Waals surface area contributed by atoms with Crippen molar-refractivity contribution in [3.05, 3.63) is 29.8 Å². The van der Waals surface area contributed by atoms with E-state index in [4.69, 9.17) is 0 Å². The molecule has 1 aromatic carbocycles. The molecule has 0 aromatic heterocycles. The van der Waals surface area contributed by atoms with E-state index in [1.807, 2.05) is 0 Å². The number of nitrogens with zero attached hydrogens (tertiary/aromatic N) is 2. The molecular formula is C18H28ClF2N3O2S. The van der Waals surface area contributed by atoms with Gasteiger partial charge in [0.15, 0.2) is 11.6 Å². The number of likely N-dealkylation sites (tertiary alicyclic amines) is 1. The molecule has 0 aliphatic carbocycles. The lowest BCUT2D eigenvalue weighted by Gasteiger charge is -2.34. The normalized spacial score (nSPS) is 21.4. The first kappa shape index (κ1) is 22.5. The summed E-state index contributed by atoms with van der Waals surface area (Å²) in [6, 6.07) is 2.66. The van der Waals surface area contributed by atoms with Crippen LogP contribution in [0.25, 0.3) is 0 Å². The van der Waals surface area contributed by atoms with Crippen LogP contribution in [-0.4, -0.2) is 62.9 Å². The molecule has 9 heteroatoms. The lowest BCUT2D eigenvalue weighted by Crippen LogP contribution is -2.49. The molecule has 1 atom stereocenters. The zero-order valence-electron chi connectivity index (χ0n) is 15.4. The van der Waals surface area contributed by atoms with Crippen molar-refractivity contribution in [3.8, 4) is 0 Å². The average molecular weight is 424 g/mol. The van der Waals surface area contributed by atoms with Crippen molar-refractivity contribution in [1.29, 1.82) is 0 Å². The Hall–Kier alpha value is -0.800. The number of rotatable bonds is 7. The summed E-state index contributed by atoms with van der Waals surface area (Å²) in [5.41, 5.74) is 0. The van der Waals surface area contributed by atoms with Gasteiger partial charge in [-0.15, -0.1) is 12.4 Å². The van der Waals surface area contributed by atoms with Crippen LogP contribution in [0.1, 0.15) is 32.1 Å². The van der Waals surface area contributed by atoms with Gasteiger partial charge in [0.2, 0.25) is 10.0 Å². The number of hydrogen-bond donors (Lipinski definition) is 1. The van der Waals surface area contributed by atoms with Gasteiger partial charge in [0.1, 0.15) is 0 Å². The summed E-state index contributed by atoms with van der Waals surface area (Å²) in [5.74, 6) is -2.17. The molecule has 0 spiro atoms. The SMILES string of the molecule is Cl.O=S(=O)(c1ccc(F)c(F)c1)N(CCCN1CCCC1)C1CCCNC1. The summed E-state index contributed by atoms with van der Waals surface area (Å²) in [6.07, 6.45) is 4.81. The summed E-state index contributed by atoms with van der Waals surface area (Å²) < 4.78 is 54.5. The van der Waals surface area contributed by atoms with E-state index < -0.39 is 21.7 Å². The Labute approximate surface area is 166 Å². The topological polar surface area (TPSA) is 52.7 Å². The summed E-state index contributed by atoms with van der Waals surface area (Å²) in [4.78, 5) is 2.17. The van der Waals surface area contributed by atoms with E-state index in [1.54, 1.807) is 0 Å². The minimum Gasteiger partial charge on any atom is -0.315 e. The van der Waals surface area contributed by atoms with Crippen LogP contribution < -0.4 is 5.32 Å². The van der Waals surface area contributed by atoms with Crippen molar-refractivity contribution in [1.82, 2.24) is 14.5 Å². The predicted molar refractivity (Wildman–Crippen MR) is 104 cm³/mol. The van der Waals surface area contributed by atoms with Gasteiger partial charge < -0.3 is 10.2 Å². The molecule has 5 nitrogen and oxygen atoms in total. The Kier molecular flexibility index (Phi) is 8.42. The van der Waals surface area contributed by atoms with Gasteiger partial charge in [-0.2, -0.15) is 4.31 Å². The van der Waals surface area contributed by atoms with Gasteiger partial charge in [-0.25, -0.2) is 17.2 Å². The van der Waals surface area contributed by atoms with E-state index >= 15 is 0 Å². The van der Waals surface area contributed by atoms with Gasteiger partial charge in [0, 0.05) is 19.1 Å². The first-order valence-corrected chi connectivity index (χ1v) is 10.8. The number of piperidine rings is 1. The second-order valence-corrected chi connectivity index (χ2v) is 8.98. The van der Waals surface area contributed by atoms with Gasteiger partial charge >= 0.3 is 0 Å². The van der Waals surface area contributed by atoms with E-state index in [-0.39, 0.29) is 23.3 Å². The van der Waals surface area contributed by atoms with Gasteiger partial charge in [0.05, 0.1) is 4.90 Å². The molecule has 154 valence electrons. The Morgan fingerprint density at radius 1 is 1.15 bits per heavy atom. The maximum Gasteiger partial charge on any atom is 0.243 e. The van der Waals surface area contributed by atoms with Crippen LogP contribution >= 0.6 is 12.4 Å². The molecule has 0 amide bonds. The smallest absolute Gasteiger partial charge is 0.243 e. The average Bonchev–Trinajstić information content (AvgIpc) is 3.15. The highest BCUT2D eigenvalue weighted by Gasteiger charge is 2.32. The van der Waals surface area contributed by atoms with E-state index in [1.165, 1.54) is 17.1 Å². The van der Waals surface area contributed by atoms with Crippen LogP contribution in [0.4, 0.5) is 8.78 Å². The summed E-state index contributed by atoms with van der Waals surface area (Å²) >= 11 is 0. The molecule has 2 fully saturated rings. The van der Waals surface area contributed by atoms with Crippen LogP contribution in [0.15, 0.2) is 23.1 Å².